The Labute approximate surface area is 182 Å². The lowest BCUT2D eigenvalue weighted by atomic mass is 10.0. The zero-order valence-electron chi connectivity index (χ0n) is 17.1. The third-order valence-corrected chi connectivity index (χ3v) is 6.32. The van der Waals surface area contributed by atoms with Gasteiger partial charge in [-0.2, -0.15) is 5.10 Å². The first-order valence-electron chi connectivity index (χ1n) is 10.9. The van der Waals surface area contributed by atoms with E-state index >= 15 is 0 Å². The van der Waals surface area contributed by atoms with Gasteiger partial charge in [0.25, 0.3) is 0 Å². The smallest absolute Gasteiger partial charge is 0.148 e. The van der Waals surface area contributed by atoms with E-state index in [2.05, 4.69) is 51.4 Å². The number of hydrogen-bond acceptors (Lipinski definition) is 4. The van der Waals surface area contributed by atoms with E-state index in [0.717, 1.165) is 67.2 Å². The number of benzene rings is 2. The summed E-state index contributed by atoms with van der Waals surface area (Å²) in [6.07, 6.45) is 6.76. The molecular formula is C24H28ClN5. The standard InChI is InChI=1S/C24H28ClN5/c25-22-8-5-19-9-12-26-13-10-21(19)24(22)28-16-18-3-6-20(7-4-18)30-14-11-23(29-30)27-15-17-1-2-17/h3-8,11,14,17,26,28H,1-2,9-10,12-13,15-16H2,(H,27,29). The zero-order chi connectivity index (χ0) is 20.3. The zero-order valence-corrected chi connectivity index (χ0v) is 17.9. The van der Waals surface area contributed by atoms with Gasteiger partial charge in [0.05, 0.1) is 16.4 Å². The summed E-state index contributed by atoms with van der Waals surface area (Å²) >= 11 is 6.54. The summed E-state index contributed by atoms with van der Waals surface area (Å²) in [5, 5.41) is 15.9. The Morgan fingerprint density at radius 2 is 1.83 bits per heavy atom. The number of aromatic nitrogens is 2. The quantitative estimate of drug-likeness (QED) is 0.519. The molecule has 2 heterocycles. The minimum absolute atomic E-state index is 0.747. The van der Waals surface area contributed by atoms with E-state index < -0.39 is 0 Å². The molecule has 3 aromatic rings. The predicted octanol–water partition coefficient (Wildman–Crippen LogP) is 4.65. The fourth-order valence-corrected chi connectivity index (χ4v) is 4.27. The van der Waals surface area contributed by atoms with Crippen LogP contribution in [0.4, 0.5) is 11.5 Å². The van der Waals surface area contributed by atoms with Crippen LogP contribution in [0.25, 0.3) is 5.69 Å². The summed E-state index contributed by atoms with van der Waals surface area (Å²) < 4.78 is 1.92. The van der Waals surface area contributed by atoms with Crippen molar-refractivity contribution >= 4 is 23.1 Å². The van der Waals surface area contributed by atoms with Crippen LogP contribution in [0.2, 0.25) is 5.02 Å². The lowest BCUT2D eigenvalue weighted by molar-refractivity contribution is 0.711. The molecular weight excluding hydrogens is 394 g/mol. The molecule has 1 fully saturated rings. The van der Waals surface area contributed by atoms with E-state index in [1.807, 2.05) is 23.0 Å². The molecule has 6 heteroatoms. The number of nitrogens with zero attached hydrogens (tertiary/aromatic N) is 2. The second-order valence-electron chi connectivity index (χ2n) is 8.30. The second kappa shape index (κ2) is 8.70. The van der Waals surface area contributed by atoms with Gasteiger partial charge in [0, 0.05) is 25.4 Å². The summed E-state index contributed by atoms with van der Waals surface area (Å²) in [4.78, 5) is 0. The summed E-state index contributed by atoms with van der Waals surface area (Å²) in [6, 6.07) is 14.8. The van der Waals surface area contributed by atoms with E-state index in [4.69, 9.17) is 11.6 Å². The van der Waals surface area contributed by atoms with Crippen molar-refractivity contribution in [3.63, 3.8) is 0 Å². The Morgan fingerprint density at radius 3 is 2.67 bits per heavy atom. The minimum atomic E-state index is 0.747. The molecule has 2 aromatic carbocycles. The highest BCUT2D eigenvalue weighted by Crippen LogP contribution is 2.31. The number of halogens is 1. The number of fused-ring (bicyclic) bond motifs is 1. The van der Waals surface area contributed by atoms with Crippen LogP contribution in [-0.2, 0) is 19.4 Å². The Hall–Kier alpha value is -2.50. The van der Waals surface area contributed by atoms with Crippen LogP contribution in [0.3, 0.4) is 0 Å². The molecule has 5 nitrogen and oxygen atoms in total. The van der Waals surface area contributed by atoms with Crippen LogP contribution in [0.1, 0.15) is 29.5 Å². The van der Waals surface area contributed by atoms with Crippen molar-refractivity contribution in [2.45, 2.75) is 32.2 Å². The van der Waals surface area contributed by atoms with Crippen LogP contribution in [0, 0.1) is 5.92 Å². The third kappa shape index (κ3) is 4.47. The van der Waals surface area contributed by atoms with E-state index in [1.54, 1.807) is 0 Å². The first-order valence-corrected chi connectivity index (χ1v) is 11.3. The average molecular weight is 422 g/mol. The lowest BCUT2D eigenvalue weighted by Gasteiger charge is -2.16. The van der Waals surface area contributed by atoms with E-state index in [9.17, 15) is 0 Å². The molecule has 0 radical (unpaired) electrons. The fraction of sp³-hybridized carbons (Fsp3) is 0.375. The van der Waals surface area contributed by atoms with Gasteiger partial charge in [-0.25, -0.2) is 4.68 Å². The Bertz CT molecular complexity index is 1010. The molecule has 2 aliphatic rings. The summed E-state index contributed by atoms with van der Waals surface area (Å²) in [7, 11) is 0. The van der Waals surface area contributed by atoms with Crippen LogP contribution < -0.4 is 16.0 Å². The molecule has 0 amide bonds. The highest BCUT2D eigenvalue weighted by atomic mass is 35.5. The summed E-state index contributed by atoms with van der Waals surface area (Å²) in [5.41, 5.74) is 6.12. The maximum Gasteiger partial charge on any atom is 0.148 e. The maximum atomic E-state index is 6.54. The molecule has 1 aliphatic carbocycles. The minimum Gasteiger partial charge on any atom is -0.380 e. The third-order valence-electron chi connectivity index (χ3n) is 6.01. The summed E-state index contributed by atoms with van der Waals surface area (Å²) in [5.74, 6) is 1.79. The van der Waals surface area contributed by atoms with Gasteiger partial charge in [-0.05, 0) is 79.6 Å². The Balaban J connectivity index is 1.25. The van der Waals surface area contributed by atoms with E-state index in [-0.39, 0.29) is 0 Å². The van der Waals surface area contributed by atoms with Gasteiger partial charge in [-0.1, -0.05) is 29.8 Å². The predicted molar refractivity (Wildman–Crippen MR) is 124 cm³/mol. The number of anilines is 2. The van der Waals surface area contributed by atoms with Crippen LogP contribution >= 0.6 is 11.6 Å². The second-order valence-corrected chi connectivity index (χ2v) is 8.71. The number of hydrogen-bond donors (Lipinski definition) is 3. The molecule has 1 aliphatic heterocycles. The first-order chi connectivity index (χ1) is 14.8. The topological polar surface area (TPSA) is 53.9 Å². The normalized spacial score (nSPS) is 16.0. The lowest BCUT2D eigenvalue weighted by Crippen LogP contribution is -2.16. The Morgan fingerprint density at radius 1 is 1.00 bits per heavy atom. The largest absolute Gasteiger partial charge is 0.380 e. The molecule has 0 saturated heterocycles. The van der Waals surface area contributed by atoms with E-state index in [0.29, 0.717) is 0 Å². The van der Waals surface area contributed by atoms with Crippen molar-refractivity contribution in [3.8, 4) is 5.69 Å². The highest BCUT2D eigenvalue weighted by molar-refractivity contribution is 6.33. The fourth-order valence-electron chi connectivity index (χ4n) is 4.02. The molecule has 156 valence electrons. The molecule has 1 aromatic heterocycles. The van der Waals surface area contributed by atoms with E-state index in [1.165, 1.54) is 29.5 Å². The molecule has 3 N–H and O–H groups in total. The molecule has 0 atom stereocenters. The van der Waals surface area contributed by atoms with Crippen molar-refractivity contribution in [2.75, 3.05) is 30.3 Å². The SMILES string of the molecule is Clc1ccc2c(c1NCc1ccc(-n3ccc(NCC4CC4)n3)cc1)CCNCC2. The molecule has 0 bridgehead atoms. The van der Waals surface area contributed by atoms with Gasteiger partial charge in [0.1, 0.15) is 5.82 Å². The Kier molecular flexibility index (Phi) is 5.65. The van der Waals surface area contributed by atoms with Gasteiger partial charge in [0.2, 0.25) is 0 Å². The maximum absolute atomic E-state index is 6.54. The van der Waals surface area contributed by atoms with Crippen LogP contribution in [0.15, 0.2) is 48.7 Å². The molecule has 0 unspecified atom stereocenters. The summed E-state index contributed by atoms with van der Waals surface area (Å²) in [6.45, 7) is 3.81. The molecule has 0 spiro atoms. The van der Waals surface area contributed by atoms with Crippen molar-refractivity contribution in [1.82, 2.24) is 15.1 Å². The van der Waals surface area contributed by atoms with Gasteiger partial charge < -0.3 is 16.0 Å². The highest BCUT2D eigenvalue weighted by Gasteiger charge is 2.20. The molecule has 1 saturated carbocycles. The van der Waals surface area contributed by atoms with Crippen LogP contribution in [-0.4, -0.2) is 29.4 Å². The monoisotopic (exact) mass is 421 g/mol. The van der Waals surface area contributed by atoms with Crippen molar-refractivity contribution in [1.29, 1.82) is 0 Å². The van der Waals surface area contributed by atoms with Crippen LogP contribution in [0.5, 0.6) is 0 Å². The van der Waals surface area contributed by atoms with Crippen molar-refractivity contribution in [3.05, 3.63) is 70.4 Å². The van der Waals surface area contributed by atoms with Gasteiger partial charge in [-0.15, -0.1) is 0 Å². The van der Waals surface area contributed by atoms with Gasteiger partial charge in [-0.3, -0.25) is 0 Å². The van der Waals surface area contributed by atoms with Gasteiger partial charge in [0.15, 0.2) is 0 Å². The van der Waals surface area contributed by atoms with Crippen molar-refractivity contribution < 1.29 is 0 Å². The molecule has 30 heavy (non-hydrogen) atoms. The number of nitrogens with one attached hydrogen (secondary N) is 3. The van der Waals surface area contributed by atoms with Crippen molar-refractivity contribution in [2.24, 2.45) is 5.92 Å². The van der Waals surface area contributed by atoms with Gasteiger partial charge >= 0.3 is 0 Å². The first kappa shape index (κ1) is 19.5. The number of rotatable bonds is 7. The molecule has 5 rings (SSSR count). The average Bonchev–Trinajstić information content (AvgIpc) is 3.53.